The first-order valence-corrected chi connectivity index (χ1v) is 7.45. The van der Waals surface area contributed by atoms with E-state index in [0.29, 0.717) is 13.2 Å². The molecule has 1 saturated heterocycles. The van der Waals surface area contributed by atoms with Crippen molar-refractivity contribution < 1.29 is 4.79 Å². The molecule has 7 heteroatoms. The Kier molecular flexibility index (Phi) is 5.09. The molecule has 3 unspecified atom stereocenters. The lowest BCUT2D eigenvalue weighted by molar-refractivity contribution is -0.139. The summed E-state index contributed by atoms with van der Waals surface area (Å²) in [6, 6.07) is -0.507. The highest BCUT2D eigenvalue weighted by Gasteiger charge is 2.44. The van der Waals surface area contributed by atoms with Gasteiger partial charge in [-0.15, -0.1) is 0 Å². The van der Waals surface area contributed by atoms with Crippen LogP contribution in [0, 0.1) is 0 Å². The highest BCUT2D eigenvalue weighted by molar-refractivity contribution is 5.84. The zero-order valence-corrected chi connectivity index (χ0v) is 12.6. The van der Waals surface area contributed by atoms with Crippen LogP contribution in [0.4, 0.5) is 0 Å². The van der Waals surface area contributed by atoms with Crippen molar-refractivity contribution in [3.8, 4) is 0 Å². The van der Waals surface area contributed by atoms with Crippen molar-refractivity contribution in [2.24, 2.45) is 10.7 Å². The smallest absolute Gasteiger partial charge is 0.256 e. The van der Waals surface area contributed by atoms with Crippen molar-refractivity contribution in [1.82, 2.24) is 20.2 Å². The maximum absolute atomic E-state index is 12.2. The van der Waals surface area contributed by atoms with Gasteiger partial charge in [0.15, 0.2) is 0 Å². The third kappa shape index (κ3) is 2.71. The summed E-state index contributed by atoms with van der Waals surface area (Å²) >= 11 is 0. The normalized spacial score (nSPS) is 29.6. The highest BCUT2D eigenvalue weighted by atomic mass is 16.2. The van der Waals surface area contributed by atoms with Gasteiger partial charge in [0.2, 0.25) is 0 Å². The number of aliphatic imine (C=N–C) groups is 1. The molecule has 2 rings (SSSR count). The summed E-state index contributed by atoms with van der Waals surface area (Å²) in [5.74, 6) is -0.000579. The predicted molar refractivity (Wildman–Crippen MR) is 78.8 cm³/mol. The zero-order chi connectivity index (χ0) is 14.7. The van der Waals surface area contributed by atoms with Gasteiger partial charge in [0, 0.05) is 25.8 Å². The Morgan fingerprint density at radius 3 is 2.70 bits per heavy atom. The minimum Gasteiger partial charge on any atom is -0.317 e. The molecule has 0 aliphatic carbocycles. The molecule has 0 radical (unpaired) electrons. The molecular formula is C13H26N6O. The van der Waals surface area contributed by atoms with E-state index in [2.05, 4.69) is 22.1 Å². The number of hydrazine groups is 1. The lowest BCUT2D eigenvalue weighted by atomic mass is 10.2. The number of carbonyl (C=O) groups is 1. The van der Waals surface area contributed by atoms with Gasteiger partial charge in [-0.3, -0.25) is 25.0 Å². The quantitative estimate of drug-likeness (QED) is 0.681. The molecule has 0 spiro atoms. The molecule has 2 aliphatic rings. The molecule has 2 heterocycles. The fourth-order valence-corrected chi connectivity index (χ4v) is 2.95. The van der Waals surface area contributed by atoms with Crippen LogP contribution < -0.4 is 11.1 Å². The van der Waals surface area contributed by atoms with E-state index in [0.717, 1.165) is 19.5 Å². The highest BCUT2D eigenvalue weighted by Crippen LogP contribution is 2.18. The van der Waals surface area contributed by atoms with Gasteiger partial charge in [-0.25, -0.2) is 0 Å². The summed E-state index contributed by atoms with van der Waals surface area (Å²) in [7, 11) is 0. The fourth-order valence-electron chi connectivity index (χ4n) is 2.95. The van der Waals surface area contributed by atoms with Crippen molar-refractivity contribution in [3.05, 3.63) is 0 Å². The van der Waals surface area contributed by atoms with Gasteiger partial charge in [-0.1, -0.05) is 13.8 Å². The number of amides is 1. The van der Waals surface area contributed by atoms with Crippen molar-refractivity contribution in [2.45, 2.75) is 45.6 Å². The second-order valence-corrected chi connectivity index (χ2v) is 5.15. The van der Waals surface area contributed by atoms with Crippen LogP contribution in [-0.2, 0) is 4.79 Å². The molecule has 2 aliphatic heterocycles. The summed E-state index contributed by atoms with van der Waals surface area (Å²) < 4.78 is 0. The second-order valence-electron chi connectivity index (χ2n) is 5.15. The van der Waals surface area contributed by atoms with Crippen molar-refractivity contribution in [3.63, 3.8) is 0 Å². The number of rotatable bonds is 6. The molecule has 0 saturated carbocycles. The third-order valence-corrected chi connectivity index (χ3v) is 4.03. The van der Waals surface area contributed by atoms with Gasteiger partial charge < -0.3 is 5.73 Å². The van der Waals surface area contributed by atoms with Crippen LogP contribution >= 0.6 is 0 Å². The van der Waals surface area contributed by atoms with Crippen LogP contribution in [0.15, 0.2) is 4.99 Å². The fraction of sp³-hybridized carbons (Fsp3) is 0.846. The Morgan fingerprint density at radius 1 is 1.45 bits per heavy atom. The first-order valence-electron chi connectivity index (χ1n) is 7.45. The van der Waals surface area contributed by atoms with Crippen LogP contribution in [0.3, 0.4) is 0 Å². The first-order chi connectivity index (χ1) is 9.63. The predicted octanol–water partition coefficient (Wildman–Crippen LogP) is -0.592. The van der Waals surface area contributed by atoms with Gasteiger partial charge in [0.1, 0.15) is 12.2 Å². The maximum atomic E-state index is 12.2. The number of likely N-dealkylation sites (N-methyl/N-ethyl adjacent to an activating group) is 2. The third-order valence-electron chi connectivity index (χ3n) is 4.03. The lowest BCUT2D eigenvalue weighted by Gasteiger charge is -2.35. The van der Waals surface area contributed by atoms with Gasteiger partial charge >= 0.3 is 0 Å². The van der Waals surface area contributed by atoms with Gasteiger partial charge in [0.25, 0.3) is 5.91 Å². The second kappa shape index (κ2) is 6.62. The number of nitrogens with one attached hydrogen (secondary N) is 1. The Morgan fingerprint density at radius 2 is 2.20 bits per heavy atom. The Bertz CT molecular complexity index is 366. The minimum atomic E-state index is -0.507. The van der Waals surface area contributed by atoms with Gasteiger partial charge in [-0.05, 0) is 13.3 Å². The summed E-state index contributed by atoms with van der Waals surface area (Å²) in [6.45, 7) is 9.13. The number of nitrogens with two attached hydrogens (primary N) is 1. The average Bonchev–Trinajstić information content (AvgIpc) is 3.05. The van der Waals surface area contributed by atoms with E-state index in [1.54, 1.807) is 5.01 Å². The number of hydrogen-bond acceptors (Lipinski definition) is 6. The van der Waals surface area contributed by atoms with Crippen LogP contribution in [-0.4, -0.2) is 71.7 Å². The largest absolute Gasteiger partial charge is 0.317 e. The maximum Gasteiger partial charge on any atom is 0.256 e. The zero-order valence-electron chi connectivity index (χ0n) is 12.6. The van der Waals surface area contributed by atoms with E-state index >= 15 is 0 Å². The van der Waals surface area contributed by atoms with Crippen molar-refractivity contribution in [2.75, 3.05) is 26.3 Å². The monoisotopic (exact) mass is 282 g/mol. The van der Waals surface area contributed by atoms with E-state index in [1.165, 1.54) is 0 Å². The lowest BCUT2D eigenvalue weighted by Crippen LogP contribution is -2.59. The van der Waals surface area contributed by atoms with E-state index < -0.39 is 6.04 Å². The summed E-state index contributed by atoms with van der Waals surface area (Å²) in [5, 5.41) is 7.32. The van der Waals surface area contributed by atoms with Gasteiger partial charge in [0.05, 0.1) is 12.8 Å². The molecule has 1 amide bonds. The van der Waals surface area contributed by atoms with Crippen molar-refractivity contribution >= 4 is 12.1 Å². The van der Waals surface area contributed by atoms with Crippen LogP contribution in [0.25, 0.3) is 0 Å². The molecular weight excluding hydrogens is 256 g/mol. The molecule has 114 valence electrons. The minimum absolute atomic E-state index is 0.000579. The molecule has 0 bridgehead atoms. The van der Waals surface area contributed by atoms with E-state index in [1.807, 2.05) is 25.1 Å². The molecule has 0 aromatic heterocycles. The average molecular weight is 282 g/mol. The molecule has 20 heavy (non-hydrogen) atoms. The standard InChI is InChI=1S/C13H26N6O/c1-4-10(17-8-7-15-9-17)16-12-11(14)13(20)19(6-3)18(12)5-2/h7,10-12,16H,4-6,8-9,14H2,1-3H3. The van der Waals surface area contributed by atoms with Crippen molar-refractivity contribution in [1.29, 1.82) is 0 Å². The topological polar surface area (TPSA) is 77.2 Å². The summed E-state index contributed by atoms with van der Waals surface area (Å²) in [6.07, 6.45) is 2.93. The van der Waals surface area contributed by atoms with Gasteiger partial charge in [-0.2, -0.15) is 5.01 Å². The number of carbonyl (C=O) groups excluding carboxylic acids is 1. The molecule has 0 aromatic carbocycles. The Balaban J connectivity index is 2.07. The molecule has 1 fully saturated rings. The SMILES string of the molecule is CCC(NC1C(N)C(=O)N(CC)N1CC)N1CC=NC1. The Labute approximate surface area is 120 Å². The molecule has 0 aromatic rings. The van der Waals surface area contributed by atoms with E-state index in [9.17, 15) is 4.79 Å². The van der Waals surface area contributed by atoms with Crippen LogP contribution in [0.5, 0.6) is 0 Å². The number of hydrogen-bond donors (Lipinski definition) is 2. The Hall–Kier alpha value is -1.02. The summed E-state index contributed by atoms with van der Waals surface area (Å²) in [4.78, 5) is 18.7. The first kappa shape index (κ1) is 15.4. The van der Waals surface area contributed by atoms with E-state index in [4.69, 9.17) is 5.73 Å². The molecule has 3 atom stereocenters. The van der Waals surface area contributed by atoms with Crippen LogP contribution in [0.2, 0.25) is 0 Å². The molecule has 3 N–H and O–H groups in total. The van der Waals surface area contributed by atoms with Crippen LogP contribution in [0.1, 0.15) is 27.2 Å². The van der Waals surface area contributed by atoms with E-state index in [-0.39, 0.29) is 18.2 Å². The number of nitrogens with zero attached hydrogens (tertiary/aromatic N) is 4. The molecule has 7 nitrogen and oxygen atoms in total. The summed E-state index contributed by atoms with van der Waals surface area (Å²) in [5.41, 5.74) is 6.11.